The van der Waals surface area contributed by atoms with Gasteiger partial charge >= 0.3 is 0 Å². The van der Waals surface area contributed by atoms with Gasteiger partial charge in [0, 0.05) is 24.0 Å². The Hall–Kier alpha value is -1.61. The number of nitrogens with one attached hydrogen (secondary N) is 1. The molecule has 108 valence electrons. The smallest absolute Gasteiger partial charge is 0.0994 e. The molecule has 3 heteroatoms. The SMILES string of the molecule is CCCc1ccc(-n2cncc2CNC(C)(C)C)cc1. The van der Waals surface area contributed by atoms with Gasteiger partial charge in [0.25, 0.3) is 0 Å². The first-order chi connectivity index (χ1) is 9.49. The second-order valence-corrected chi connectivity index (χ2v) is 6.27. The highest BCUT2D eigenvalue weighted by Crippen LogP contribution is 2.14. The van der Waals surface area contributed by atoms with Crippen LogP contribution < -0.4 is 5.32 Å². The topological polar surface area (TPSA) is 29.9 Å². The van der Waals surface area contributed by atoms with Gasteiger partial charge in [0.15, 0.2) is 0 Å². The Morgan fingerprint density at radius 2 is 1.85 bits per heavy atom. The number of hydrogen-bond donors (Lipinski definition) is 1. The van der Waals surface area contributed by atoms with Gasteiger partial charge in [-0.2, -0.15) is 0 Å². The highest BCUT2D eigenvalue weighted by molar-refractivity contribution is 5.36. The van der Waals surface area contributed by atoms with Crippen LogP contribution in [0.15, 0.2) is 36.8 Å². The van der Waals surface area contributed by atoms with E-state index in [1.807, 2.05) is 12.5 Å². The van der Waals surface area contributed by atoms with Crippen molar-refractivity contribution < 1.29 is 0 Å². The van der Waals surface area contributed by atoms with E-state index in [0.29, 0.717) is 0 Å². The first-order valence-corrected chi connectivity index (χ1v) is 7.35. The fraction of sp³-hybridized carbons (Fsp3) is 0.471. The summed E-state index contributed by atoms with van der Waals surface area (Å²) in [6, 6.07) is 8.76. The Morgan fingerprint density at radius 1 is 1.15 bits per heavy atom. The minimum Gasteiger partial charge on any atom is -0.306 e. The van der Waals surface area contributed by atoms with Crippen LogP contribution in [0.25, 0.3) is 5.69 Å². The van der Waals surface area contributed by atoms with Crippen LogP contribution in [-0.4, -0.2) is 15.1 Å². The maximum atomic E-state index is 4.28. The van der Waals surface area contributed by atoms with Crippen molar-refractivity contribution in [1.82, 2.24) is 14.9 Å². The number of imidazole rings is 1. The second-order valence-electron chi connectivity index (χ2n) is 6.27. The van der Waals surface area contributed by atoms with Crippen LogP contribution in [-0.2, 0) is 13.0 Å². The summed E-state index contributed by atoms with van der Waals surface area (Å²) in [4.78, 5) is 4.28. The molecule has 0 bridgehead atoms. The van der Waals surface area contributed by atoms with Crippen molar-refractivity contribution in [1.29, 1.82) is 0 Å². The Labute approximate surface area is 122 Å². The van der Waals surface area contributed by atoms with E-state index in [9.17, 15) is 0 Å². The van der Waals surface area contributed by atoms with Gasteiger partial charge in [-0.25, -0.2) is 4.98 Å². The summed E-state index contributed by atoms with van der Waals surface area (Å²) in [5, 5.41) is 3.51. The molecule has 1 heterocycles. The molecule has 0 spiro atoms. The van der Waals surface area contributed by atoms with Gasteiger partial charge in [-0.05, 0) is 44.9 Å². The number of benzene rings is 1. The quantitative estimate of drug-likeness (QED) is 0.898. The van der Waals surface area contributed by atoms with Gasteiger partial charge in [0.1, 0.15) is 0 Å². The summed E-state index contributed by atoms with van der Waals surface area (Å²) in [7, 11) is 0. The van der Waals surface area contributed by atoms with Crippen molar-refractivity contribution in [3.63, 3.8) is 0 Å². The highest BCUT2D eigenvalue weighted by Gasteiger charge is 2.11. The Kier molecular flexibility index (Phi) is 4.61. The van der Waals surface area contributed by atoms with Gasteiger partial charge in [-0.1, -0.05) is 25.5 Å². The lowest BCUT2D eigenvalue weighted by atomic mass is 10.1. The third kappa shape index (κ3) is 3.94. The van der Waals surface area contributed by atoms with E-state index >= 15 is 0 Å². The molecule has 0 amide bonds. The van der Waals surface area contributed by atoms with Crippen LogP contribution in [0.5, 0.6) is 0 Å². The van der Waals surface area contributed by atoms with E-state index in [1.165, 1.54) is 23.4 Å². The van der Waals surface area contributed by atoms with Crippen LogP contribution in [0.4, 0.5) is 0 Å². The molecule has 0 atom stereocenters. The van der Waals surface area contributed by atoms with Crippen LogP contribution in [0.1, 0.15) is 45.4 Å². The monoisotopic (exact) mass is 271 g/mol. The van der Waals surface area contributed by atoms with Crippen LogP contribution in [0, 0.1) is 0 Å². The van der Waals surface area contributed by atoms with Crippen molar-refractivity contribution in [3.8, 4) is 5.69 Å². The minimum absolute atomic E-state index is 0.111. The summed E-state index contributed by atoms with van der Waals surface area (Å²) in [5.74, 6) is 0. The average Bonchev–Trinajstić information content (AvgIpc) is 2.85. The number of aryl methyl sites for hydroxylation is 1. The molecule has 20 heavy (non-hydrogen) atoms. The van der Waals surface area contributed by atoms with Gasteiger partial charge in [0.05, 0.1) is 12.0 Å². The molecule has 3 nitrogen and oxygen atoms in total. The average molecular weight is 271 g/mol. The second kappa shape index (κ2) is 6.23. The van der Waals surface area contributed by atoms with E-state index in [-0.39, 0.29) is 5.54 Å². The normalized spacial score (nSPS) is 11.8. The first kappa shape index (κ1) is 14.8. The molecule has 0 aliphatic rings. The first-order valence-electron chi connectivity index (χ1n) is 7.35. The number of nitrogens with zero attached hydrogens (tertiary/aromatic N) is 2. The lowest BCUT2D eigenvalue weighted by molar-refractivity contribution is 0.419. The van der Waals surface area contributed by atoms with Crippen molar-refractivity contribution in [2.24, 2.45) is 0 Å². The molecule has 0 aliphatic heterocycles. The van der Waals surface area contributed by atoms with Crippen molar-refractivity contribution in [2.45, 2.75) is 52.6 Å². The van der Waals surface area contributed by atoms with E-state index in [1.54, 1.807) is 0 Å². The molecule has 0 radical (unpaired) electrons. The predicted octanol–water partition coefficient (Wildman–Crippen LogP) is 3.71. The number of hydrogen-bond acceptors (Lipinski definition) is 2. The van der Waals surface area contributed by atoms with Gasteiger partial charge in [0.2, 0.25) is 0 Å². The van der Waals surface area contributed by atoms with Crippen molar-refractivity contribution in [3.05, 3.63) is 48.0 Å². The Balaban J connectivity index is 2.14. The zero-order valence-corrected chi connectivity index (χ0v) is 13.0. The molecule has 0 fully saturated rings. The molecule has 2 rings (SSSR count). The van der Waals surface area contributed by atoms with Gasteiger partial charge < -0.3 is 9.88 Å². The van der Waals surface area contributed by atoms with Crippen LogP contribution in [0.3, 0.4) is 0 Å². The zero-order chi connectivity index (χ0) is 14.6. The lowest BCUT2D eigenvalue weighted by Crippen LogP contribution is -2.35. The molecular weight excluding hydrogens is 246 g/mol. The minimum atomic E-state index is 0.111. The van der Waals surface area contributed by atoms with E-state index in [0.717, 1.165) is 13.0 Å². The van der Waals surface area contributed by atoms with E-state index in [2.05, 4.69) is 66.8 Å². The number of aromatic nitrogens is 2. The van der Waals surface area contributed by atoms with E-state index in [4.69, 9.17) is 0 Å². The lowest BCUT2D eigenvalue weighted by Gasteiger charge is -2.21. The van der Waals surface area contributed by atoms with Gasteiger partial charge in [-0.3, -0.25) is 0 Å². The third-order valence-corrected chi connectivity index (χ3v) is 3.27. The van der Waals surface area contributed by atoms with E-state index < -0.39 is 0 Å². The zero-order valence-electron chi connectivity index (χ0n) is 13.0. The third-order valence-electron chi connectivity index (χ3n) is 3.27. The molecule has 0 saturated carbocycles. The van der Waals surface area contributed by atoms with Crippen LogP contribution >= 0.6 is 0 Å². The molecule has 2 aromatic rings. The maximum Gasteiger partial charge on any atom is 0.0994 e. The molecule has 0 unspecified atom stereocenters. The summed E-state index contributed by atoms with van der Waals surface area (Å²) < 4.78 is 2.15. The summed E-state index contributed by atoms with van der Waals surface area (Å²) in [5.41, 5.74) is 3.86. The molecular formula is C17H25N3. The molecule has 1 aromatic carbocycles. The molecule has 0 saturated heterocycles. The van der Waals surface area contributed by atoms with Crippen molar-refractivity contribution in [2.75, 3.05) is 0 Å². The highest BCUT2D eigenvalue weighted by atomic mass is 15.1. The van der Waals surface area contributed by atoms with Crippen LogP contribution in [0.2, 0.25) is 0 Å². The largest absolute Gasteiger partial charge is 0.306 e. The summed E-state index contributed by atoms with van der Waals surface area (Å²) in [6.45, 7) is 9.55. The Bertz CT molecular complexity index is 532. The standard InChI is InChI=1S/C17H25N3/c1-5-6-14-7-9-15(10-8-14)20-13-18-11-16(20)12-19-17(2,3)4/h7-11,13,19H,5-6,12H2,1-4H3. The fourth-order valence-electron chi connectivity index (χ4n) is 2.15. The summed E-state index contributed by atoms with van der Waals surface area (Å²) in [6.07, 6.45) is 6.14. The summed E-state index contributed by atoms with van der Waals surface area (Å²) >= 11 is 0. The maximum absolute atomic E-state index is 4.28. The fourth-order valence-corrected chi connectivity index (χ4v) is 2.15. The number of rotatable bonds is 5. The van der Waals surface area contributed by atoms with Gasteiger partial charge in [-0.15, -0.1) is 0 Å². The van der Waals surface area contributed by atoms with Crippen molar-refractivity contribution >= 4 is 0 Å². The molecule has 0 aliphatic carbocycles. The molecule has 1 aromatic heterocycles. The molecule has 1 N–H and O–H groups in total. The Morgan fingerprint density at radius 3 is 2.45 bits per heavy atom. The predicted molar refractivity (Wildman–Crippen MR) is 84.2 cm³/mol.